The van der Waals surface area contributed by atoms with Crippen molar-refractivity contribution in [2.24, 2.45) is 5.92 Å². The van der Waals surface area contributed by atoms with Crippen LogP contribution < -0.4 is 9.75 Å². The quantitative estimate of drug-likeness (QED) is 0.726. The van der Waals surface area contributed by atoms with Gasteiger partial charge in [-0.2, -0.15) is 0 Å². The number of hydrogen-bond donors (Lipinski definition) is 0. The molecule has 114 valence electrons. The Balaban J connectivity index is 1.94. The van der Waals surface area contributed by atoms with Crippen molar-refractivity contribution >= 4 is 35.6 Å². The van der Waals surface area contributed by atoms with Crippen molar-refractivity contribution in [1.29, 1.82) is 0 Å². The lowest BCUT2D eigenvalue weighted by Gasteiger charge is -2.21. The molecular formula is C22H20S. The first kappa shape index (κ1) is 14.5. The zero-order valence-electron chi connectivity index (χ0n) is 13.5. The SMILES string of the molecule is C[C@H]1C=Cc2sc3c(c2C=C1)=CC=CC(C)(c1ccccc1)C=3. The lowest BCUT2D eigenvalue weighted by Crippen LogP contribution is -2.24. The molecule has 1 aromatic carbocycles. The third kappa shape index (κ3) is 2.55. The zero-order valence-corrected chi connectivity index (χ0v) is 14.3. The van der Waals surface area contributed by atoms with Gasteiger partial charge in [-0.25, -0.2) is 0 Å². The summed E-state index contributed by atoms with van der Waals surface area (Å²) in [4.78, 5) is 1.37. The van der Waals surface area contributed by atoms with Crippen LogP contribution >= 0.6 is 11.3 Å². The number of rotatable bonds is 1. The lowest BCUT2D eigenvalue weighted by atomic mass is 9.82. The first-order valence-corrected chi connectivity index (χ1v) is 8.94. The van der Waals surface area contributed by atoms with Crippen molar-refractivity contribution in [3.8, 4) is 0 Å². The highest BCUT2D eigenvalue weighted by molar-refractivity contribution is 7.11. The molecule has 23 heavy (non-hydrogen) atoms. The van der Waals surface area contributed by atoms with Gasteiger partial charge in [-0.05, 0) is 30.0 Å². The summed E-state index contributed by atoms with van der Waals surface area (Å²) < 4.78 is 1.37. The third-order valence-corrected chi connectivity index (χ3v) is 5.82. The Bertz CT molecular complexity index is 938. The molecule has 1 heteroatoms. The van der Waals surface area contributed by atoms with E-state index in [2.05, 4.69) is 92.8 Å². The Morgan fingerprint density at radius 3 is 2.65 bits per heavy atom. The normalized spacial score (nSPS) is 24.9. The zero-order chi connectivity index (χ0) is 15.9. The molecule has 0 bridgehead atoms. The van der Waals surface area contributed by atoms with Crippen molar-refractivity contribution in [3.05, 3.63) is 80.4 Å². The minimum atomic E-state index is -0.0623. The molecule has 0 spiro atoms. The summed E-state index contributed by atoms with van der Waals surface area (Å²) in [6.45, 7) is 4.52. The molecule has 4 rings (SSSR count). The van der Waals surface area contributed by atoms with E-state index in [4.69, 9.17) is 0 Å². The number of benzene rings is 1. The van der Waals surface area contributed by atoms with Crippen LogP contribution in [0.1, 0.15) is 29.9 Å². The monoisotopic (exact) mass is 316 g/mol. The molecule has 1 unspecified atom stereocenters. The smallest absolute Gasteiger partial charge is 0.0352 e. The first-order chi connectivity index (χ1) is 11.2. The van der Waals surface area contributed by atoms with E-state index in [1.54, 1.807) is 0 Å². The average Bonchev–Trinajstić information content (AvgIpc) is 2.68. The minimum Gasteiger partial charge on any atom is -0.135 e. The van der Waals surface area contributed by atoms with Crippen LogP contribution in [0.4, 0.5) is 0 Å². The van der Waals surface area contributed by atoms with Gasteiger partial charge in [0.2, 0.25) is 0 Å². The summed E-state index contributed by atoms with van der Waals surface area (Å²) in [7, 11) is 0. The molecule has 0 N–H and O–H groups in total. The van der Waals surface area contributed by atoms with Gasteiger partial charge in [0.05, 0.1) is 0 Å². The molecule has 2 atom stereocenters. The van der Waals surface area contributed by atoms with E-state index >= 15 is 0 Å². The fraction of sp³-hybridized carbons (Fsp3) is 0.182. The van der Waals surface area contributed by atoms with Gasteiger partial charge >= 0.3 is 0 Å². The van der Waals surface area contributed by atoms with Gasteiger partial charge in [0.25, 0.3) is 0 Å². The summed E-state index contributed by atoms with van der Waals surface area (Å²) in [6, 6.07) is 10.7. The Labute approximate surface area is 141 Å². The molecule has 0 nitrogen and oxygen atoms in total. The standard InChI is InChI=1S/C22H20S/c1-16-10-12-19-18-9-6-14-22(2,17-7-4-3-5-8-17)15-21(18)23-20(19)13-11-16/h3-16H,1-2H3/t16-,22?/m1/s1. The van der Waals surface area contributed by atoms with E-state index in [0.717, 1.165) is 0 Å². The van der Waals surface area contributed by atoms with E-state index in [-0.39, 0.29) is 5.41 Å². The number of fused-ring (bicyclic) bond motifs is 3. The molecule has 2 aliphatic carbocycles. The second-order valence-corrected chi connectivity index (χ2v) is 7.64. The number of hydrogen-bond acceptors (Lipinski definition) is 1. The van der Waals surface area contributed by atoms with Gasteiger partial charge in [0, 0.05) is 20.0 Å². The van der Waals surface area contributed by atoms with Crippen LogP contribution in [0.3, 0.4) is 0 Å². The highest BCUT2D eigenvalue weighted by Gasteiger charge is 2.22. The summed E-state index contributed by atoms with van der Waals surface area (Å²) in [5, 5.41) is 1.36. The predicted molar refractivity (Wildman–Crippen MR) is 103 cm³/mol. The maximum atomic E-state index is 2.42. The summed E-state index contributed by atoms with van der Waals surface area (Å²) in [6.07, 6.45) is 18.3. The van der Waals surface area contributed by atoms with Gasteiger partial charge in [0.15, 0.2) is 0 Å². The molecule has 0 saturated carbocycles. The fourth-order valence-corrected chi connectivity index (χ4v) is 4.52. The van der Waals surface area contributed by atoms with Crippen LogP contribution in [-0.4, -0.2) is 0 Å². The molecular weight excluding hydrogens is 296 g/mol. The van der Waals surface area contributed by atoms with Crippen LogP contribution in [0, 0.1) is 5.92 Å². The molecule has 0 radical (unpaired) electrons. The maximum absolute atomic E-state index is 2.42. The molecule has 0 aliphatic heterocycles. The Morgan fingerprint density at radius 1 is 1.04 bits per heavy atom. The highest BCUT2D eigenvalue weighted by atomic mass is 32.1. The van der Waals surface area contributed by atoms with Crippen LogP contribution in [0.5, 0.6) is 0 Å². The molecule has 1 aromatic heterocycles. The largest absolute Gasteiger partial charge is 0.135 e. The topological polar surface area (TPSA) is 0 Å². The second kappa shape index (κ2) is 5.50. The Hall–Kier alpha value is -2.12. The molecule has 2 aliphatic rings. The molecule has 1 heterocycles. The summed E-state index contributed by atoms with van der Waals surface area (Å²) in [5.74, 6) is 0.505. The minimum absolute atomic E-state index is 0.0623. The summed E-state index contributed by atoms with van der Waals surface area (Å²) >= 11 is 1.90. The second-order valence-electron chi connectivity index (χ2n) is 6.55. The van der Waals surface area contributed by atoms with E-state index < -0.39 is 0 Å². The Kier molecular flexibility index (Phi) is 3.46. The van der Waals surface area contributed by atoms with Crippen molar-refractivity contribution in [2.45, 2.75) is 19.3 Å². The van der Waals surface area contributed by atoms with E-state index in [9.17, 15) is 0 Å². The van der Waals surface area contributed by atoms with Crippen molar-refractivity contribution in [2.75, 3.05) is 0 Å². The predicted octanol–water partition coefficient (Wildman–Crippen LogP) is 4.51. The lowest BCUT2D eigenvalue weighted by molar-refractivity contribution is 0.806. The molecule has 0 saturated heterocycles. The van der Waals surface area contributed by atoms with Crippen LogP contribution in [0.2, 0.25) is 0 Å². The van der Waals surface area contributed by atoms with E-state index in [1.807, 2.05) is 11.3 Å². The number of thiophene rings is 1. The average molecular weight is 316 g/mol. The van der Waals surface area contributed by atoms with E-state index in [0.29, 0.717) is 5.92 Å². The highest BCUT2D eigenvalue weighted by Crippen LogP contribution is 2.29. The van der Waals surface area contributed by atoms with Gasteiger partial charge in [-0.3, -0.25) is 0 Å². The number of allylic oxidation sites excluding steroid dienone is 4. The first-order valence-electron chi connectivity index (χ1n) is 8.13. The summed E-state index contributed by atoms with van der Waals surface area (Å²) in [5.41, 5.74) is 2.64. The molecule has 2 aromatic rings. The van der Waals surface area contributed by atoms with E-state index in [1.165, 1.54) is 25.8 Å². The van der Waals surface area contributed by atoms with Crippen LogP contribution in [0.25, 0.3) is 24.3 Å². The van der Waals surface area contributed by atoms with Crippen molar-refractivity contribution in [3.63, 3.8) is 0 Å². The van der Waals surface area contributed by atoms with Gasteiger partial charge in [0.1, 0.15) is 0 Å². The van der Waals surface area contributed by atoms with Crippen molar-refractivity contribution < 1.29 is 0 Å². The third-order valence-electron chi connectivity index (χ3n) is 4.69. The van der Waals surface area contributed by atoms with Crippen LogP contribution in [0.15, 0.2) is 54.6 Å². The maximum Gasteiger partial charge on any atom is 0.0352 e. The Morgan fingerprint density at radius 2 is 1.83 bits per heavy atom. The van der Waals surface area contributed by atoms with Gasteiger partial charge in [-0.1, -0.05) is 79.8 Å². The molecule has 0 amide bonds. The van der Waals surface area contributed by atoms with Crippen LogP contribution in [-0.2, 0) is 5.41 Å². The van der Waals surface area contributed by atoms with Gasteiger partial charge < -0.3 is 0 Å². The van der Waals surface area contributed by atoms with Crippen molar-refractivity contribution in [1.82, 2.24) is 0 Å². The fourth-order valence-electron chi connectivity index (χ4n) is 3.26. The van der Waals surface area contributed by atoms with Gasteiger partial charge in [-0.15, -0.1) is 11.3 Å². The molecule has 0 fully saturated rings.